The van der Waals surface area contributed by atoms with Gasteiger partial charge in [-0.05, 0) is 218 Å². The largest absolute Gasteiger partial charge is 0.382 e. The molecule has 4 aromatic heterocycles. The van der Waals surface area contributed by atoms with Crippen LogP contribution in [0.15, 0.2) is 297 Å². The van der Waals surface area contributed by atoms with Crippen molar-refractivity contribution in [1.29, 1.82) is 0 Å². The SMILES string of the molecule is CCCCCCc1ccc(-c2cc(-c3ccc4ccccc4n3)[c-]cc2F)cc1.CCCCCCc1ccc(-c2cc[c-]c(-c3nccc4c3cc(C)c3ccccc34)c2)cc1.CCCCc1ccc(-c2cc(-c3ccc4cc(C)ccc4n3)[c-]cc2C(F)(F)F)cc1.CCCCc1ccc(-c2cc[c-]c(-c3ccc4cc(F)ccc4n3)c2)cc1.[Ir].[Ir].[Ir].[Ir]. The number of nitrogens with zero attached hydrogens (tertiary/aromatic N) is 4. The van der Waals surface area contributed by atoms with Crippen LogP contribution in [0.25, 0.3) is 144 Å². The van der Waals surface area contributed by atoms with E-state index in [2.05, 4.69) is 190 Å². The van der Waals surface area contributed by atoms with Crippen LogP contribution in [-0.2, 0) is 112 Å². The Morgan fingerprint density at radius 2 is 0.758 bits per heavy atom. The van der Waals surface area contributed by atoms with E-state index in [0.717, 1.165) is 127 Å². The van der Waals surface area contributed by atoms with E-state index in [1.165, 1.54) is 149 Å². The minimum atomic E-state index is -4.46. The predicted octanol–water partition coefficient (Wildman–Crippen LogP) is 31.5. The average Bonchev–Trinajstić information content (AvgIpc) is 0.761. The normalized spacial score (nSPS) is 11.0. The quantitative estimate of drug-likeness (QED) is 0.0262. The summed E-state index contributed by atoms with van der Waals surface area (Å²) in [5.74, 6) is -0.502. The first-order valence-corrected chi connectivity index (χ1v) is 42.4. The van der Waals surface area contributed by atoms with Crippen LogP contribution in [0, 0.1) is 49.7 Å². The Morgan fingerprint density at radius 1 is 0.323 bits per heavy atom. The summed E-state index contributed by atoms with van der Waals surface area (Å²) in [5.41, 5.74) is 23.0. The van der Waals surface area contributed by atoms with Crippen LogP contribution < -0.4 is 0 Å². The van der Waals surface area contributed by atoms with Crippen molar-refractivity contribution in [2.45, 2.75) is 150 Å². The molecule has 0 spiro atoms. The van der Waals surface area contributed by atoms with Gasteiger partial charge in [0.25, 0.3) is 0 Å². The van der Waals surface area contributed by atoms with E-state index in [1.807, 2.05) is 134 Å². The van der Waals surface area contributed by atoms with E-state index >= 15 is 0 Å². The molecule has 0 atom stereocenters. The fourth-order valence-electron chi connectivity index (χ4n) is 15.5. The first-order valence-electron chi connectivity index (χ1n) is 42.4. The fraction of sp³-hybridized carbons (Fsp3) is 0.207. The van der Waals surface area contributed by atoms with Crippen molar-refractivity contribution in [2.24, 2.45) is 0 Å². The number of halogens is 5. The van der Waals surface area contributed by atoms with Crippen molar-refractivity contribution in [2.75, 3.05) is 0 Å². The third-order valence-electron chi connectivity index (χ3n) is 22.3. The van der Waals surface area contributed by atoms with Gasteiger partial charge in [0.15, 0.2) is 0 Å². The summed E-state index contributed by atoms with van der Waals surface area (Å²) in [7, 11) is 0. The van der Waals surface area contributed by atoms with Crippen LogP contribution in [0.1, 0.15) is 144 Å². The van der Waals surface area contributed by atoms with Gasteiger partial charge in [0, 0.05) is 97.8 Å². The van der Waals surface area contributed by atoms with Gasteiger partial charge in [-0.15, -0.1) is 118 Å². The molecule has 13 heteroatoms. The number of para-hydroxylation sites is 1. The number of aryl methyl sites for hydroxylation is 6. The predicted molar refractivity (Wildman–Crippen MR) is 491 cm³/mol. The molecule has 0 saturated carbocycles. The zero-order valence-electron chi connectivity index (χ0n) is 70.6. The topological polar surface area (TPSA) is 51.6 Å². The van der Waals surface area contributed by atoms with Gasteiger partial charge in [-0.1, -0.05) is 284 Å². The molecule has 17 aromatic rings. The summed E-state index contributed by atoms with van der Waals surface area (Å²) < 4.78 is 69.1. The maximum absolute atomic E-state index is 14.6. The molecule has 0 N–H and O–H groups in total. The Bertz CT molecular complexity index is 6340. The number of hydrogen-bond acceptors (Lipinski definition) is 4. The molecular formula is C111H99F5Ir4N4-4. The zero-order valence-corrected chi connectivity index (χ0v) is 80.2. The molecule has 4 nitrogen and oxygen atoms in total. The smallest absolute Gasteiger partial charge is 0.304 e. The molecule has 0 unspecified atom stereocenters. The van der Waals surface area contributed by atoms with E-state index in [-0.39, 0.29) is 97.6 Å². The van der Waals surface area contributed by atoms with Crippen LogP contribution in [0.5, 0.6) is 0 Å². The summed E-state index contributed by atoms with van der Waals surface area (Å²) in [6, 6.07) is 108. The molecule has 0 fully saturated rings. The zero-order chi connectivity index (χ0) is 83.3. The third-order valence-corrected chi connectivity index (χ3v) is 22.3. The van der Waals surface area contributed by atoms with Gasteiger partial charge in [-0.3, -0.25) is 19.3 Å². The summed E-state index contributed by atoms with van der Waals surface area (Å²) in [4.78, 5) is 18.8. The number of unbranched alkanes of at least 4 members (excludes halogenated alkanes) is 8. The second kappa shape index (κ2) is 46.8. The van der Waals surface area contributed by atoms with Gasteiger partial charge in [-0.2, -0.15) is 13.2 Å². The minimum absolute atomic E-state index is 0. The molecule has 13 aromatic carbocycles. The number of hydrogen-bond donors (Lipinski definition) is 0. The van der Waals surface area contributed by atoms with E-state index in [9.17, 15) is 22.0 Å². The summed E-state index contributed by atoms with van der Waals surface area (Å²) >= 11 is 0. The maximum atomic E-state index is 14.6. The number of rotatable bonds is 24. The van der Waals surface area contributed by atoms with Crippen LogP contribution in [-0.4, -0.2) is 19.9 Å². The number of fused-ring (bicyclic) bond motifs is 6. The Hall–Kier alpha value is -9.99. The first kappa shape index (κ1) is 96.2. The average molecular weight is 2350 g/mol. The first-order chi connectivity index (χ1) is 58.6. The fourth-order valence-corrected chi connectivity index (χ4v) is 15.5. The van der Waals surface area contributed by atoms with Crippen LogP contribution in [0.2, 0.25) is 0 Å². The minimum Gasteiger partial charge on any atom is -0.304 e. The summed E-state index contributed by atoms with van der Waals surface area (Å²) in [5, 5.41) is 7.90. The van der Waals surface area contributed by atoms with Crippen LogP contribution in [0.4, 0.5) is 22.0 Å². The van der Waals surface area contributed by atoms with Gasteiger partial charge < -0.3 is 4.98 Å². The number of pyridine rings is 4. The van der Waals surface area contributed by atoms with Gasteiger partial charge in [0.2, 0.25) is 0 Å². The molecule has 0 saturated heterocycles. The molecule has 4 heterocycles. The van der Waals surface area contributed by atoms with E-state index in [1.54, 1.807) is 24.3 Å². The van der Waals surface area contributed by atoms with Crippen molar-refractivity contribution >= 4 is 54.3 Å². The van der Waals surface area contributed by atoms with Crippen LogP contribution >= 0.6 is 0 Å². The molecular weight excluding hydrogens is 2250 g/mol. The Morgan fingerprint density at radius 3 is 1.31 bits per heavy atom. The Labute approximate surface area is 781 Å². The van der Waals surface area contributed by atoms with Gasteiger partial charge in [0.1, 0.15) is 5.82 Å². The molecule has 638 valence electrons. The van der Waals surface area contributed by atoms with Crippen LogP contribution in [0.3, 0.4) is 0 Å². The van der Waals surface area contributed by atoms with Crippen molar-refractivity contribution in [3.63, 3.8) is 0 Å². The van der Waals surface area contributed by atoms with Gasteiger partial charge in [0.05, 0.1) is 16.6 Å². The third kappa shape index (κ3) is 25.0. The number of benzene rings is 13. The molecule has 0 aliphatic rings. The summed E-state index contributed by atoms with van der Waals surface area (Å²) in [6.07, 6.45) is 16.6. The second-order valence-corrected chi connectivity index (χ2v) is 31.2. The van der Waals surface area contributed by atoms with Crippen molar-refractivity contribution in [3.05, 3.63) is 372 Å². The molecule has 0 aliphatic carbocycles. The van der Waals surface area contributed by atoms with Gasteiger partial charge in [-0.25, -0.2) is 4.39 Å². The molecule has 0 aliphatic heterocycles. The Balaban J connectivity index is 0.000000171. The van der Waals surface area contributed by atoms with E-state index < -0.39 is 11.7 Å². The van der Waals surface area contributed by atoms with Crippen molar-refractivity contribution in [3.8, 4) is 89.5 Å². The Kier molecular flexibility index (Phi) is 36.3. The maximum Gasteiger partial charge on any atom is 0.382 e. The molecule has 0 amide bonds. The summed E-state index contributed by atoms with van der Waals surface area (Å²) in [6.45, 7) is 13.0. The van der Waals surface area contributed by atoms with Crippen molar-refractivity contribution < 1.29 is 102 Å². The molecule has 17 rings (SSSR count). The monoisotopic (exact) mass is 2350 g/mol. The molecule has 0 bridgehead atoms. The van der Waals surface area contributed by atoms with E-state index in [0.29, 0.717) is 22.4 Å². The standard InChI is InChI=1S/C32H30N.C27H23F3N.C27H25FN.C25H21FN.4Ir/c1-3-4-5-6-10-24-15-17-25(18-16-24)26-11-9-12-27(22-26)32-31-21-23(2)28-13-7-8-14-29(28)30(31)19-20-33-32;1-3-4-5-19-7-9-20(10-8-19)23-17-22(11-13-24(23)27(28,29)30)26-15-12-21-16-18(2)6-14-25(21)31-26;1-2-3-4-5-8-20-11-13-21(14-12-20)24-19-23(15-17-25(24)28)27-18-16-22-9-6-7-10-26(22)29-27;1-2-3-5-18-8-10-19(11-9-18)20-6-4-7-21(16-20)24-14-12-22-17-23(26)13-15-25(22)27-24;;;;/h7-9,11,13-22H,3-6,10H2,1-2H3;6-10,12-17H,3-5H2,1-2H3;6-7,9-14,16-19H,2-5,8H2,1H3;4,6,8-17H,2-3,5H2,1H3;;;;/q4*-1;;;;. The van der Waals surface area contributed by atoms with Crippen molar-refractivity contribution in [1.82, 2.24) is 19.9 Å². The molecule has 124 heavy (non-hydrogen) atoms. The van der Waals surface area contributed by atoms with Gasteiger partial charge >= 0.3 is 6.18 Å². The second-order valence-electron chi connectivity index (χ2n) is 31.2. The number of aromatic nitrogens is 4. The molecule has 4 radical (unpaired) electrons. The van der Waals surface area contributed by atoms with E-state index in [4.69, 9.17) is 9.97 Å². The number of alkyl halides is 3.